The zero-order valence-electron chi connectivity index (χ0n) is 8.39. The van der Waals surface area contributed by atoms with Gasteiger partial charge in [-0.2, -0.15) is 0 Å². The highest BCUT2D eigenvalue weighted by atomic mass is 32.2. The van der Waals surface area contributed by atoms with Crippen LogP contribution in [-0.4, -0.2) is 19.3 Å². The summed E-state index contributed by atoms with van der Waals surface area (Å²) >= 11 is 2.13. The van der Waals surface area contributed by atoms with Crippen molar-refractivity contribution in [2.45, 2.75) is 11.1 Å². The summed E-state index contributed by atoms with van der Waals surface area (Å²) in [6.07, 6.45) is 0. The third-order valence-electron chi connectivity index (χ3n) is 1.42. The average Bonchev–Trinajstić information content (AvgIpc) is 2.59. The van der Waals surface area contributed by atoms with Crippen LogP contribution in [0.2, 0.25) is 0 Å². The number of carbonyl (C=O) groups excluding carboxylic acids is 1. The number of nitrogens with two attached hydrogens (primary N) is 1. The number of primary sulfonamides is 1. The molecule has 0 aliphatic carbocycles. The molecule has 0 saturated carbocycles. The van der Waals surface area contributed by atoms with Crippen molar-refractivity contribution in [2.24, 2.45) is 5.14 Å². The lowest BCUT2D eigenvalue weighted by molar-refractivity contribution is -0.109. The Bertz CT molecular complexity index is 548. The van der Waals surface area contributed by atoms with Crippen LogP contribution < -0.4 is 5.14 Å². The number of hydrogen-bond donors (Lipinski definition) is 1. The van der Waals surface area contributed by atoms with Crippen LogP contribution in [0.5, 0.6) is 0 Å². The molecule has 16 heavy (non-hydrogen) atoms. The molecule has 0 aliphatic heterocycles. The van der Waals surface area contributed by atoms with Gasteiger partial charge < -0.3 is 0 Å². The molecule has 1 heterocycles. The average molecular weight is 275 g/mol. The van der Waals surface area contributed by atoms with Crippen molar-refractivity contribution >= 4 is 38.2 Å². The lowest BCUT2D eigenvalue weighted by Gasteiger charge is -1.87. The maximum atomic E-state index is 11.0. The van der Waals surface area contributed by atoms with Crippen LogP contribution in [-0.2, 0) is 14.8 Å². The van der Waals surface area contributed by atoms with Crippen molar-refractivity contribution in [3.05, 3.63) is 17.0 Å². The van der Waals surface area contributed by atoms with Gasteiger partial charge in [-0.3, -0.25) is 4.79 Å². The van der Waals surface area contributed by atoms with Crippen LogP contribution in [0, 0.1) is 11.8 Å². The van der Waals surface area contributed by atoms with E-state index in [1.54, 1.807) is 6.07 Å². The van der Waals surface area contributed by atoms with E-state index in [0.29, 0.717) is 10.6 Å². The molecule has 0 bridgehead atoms. The van der Waals surface area contributed by atoms with Gasteiger partial charge in [-0.1, -0.05) is 23.6 Å². The highest BCUT2D eigenvalue weighted by Gasteiger charge is 2.09. The number of sulfonamides is 1. The molecule has 1 aromatic rings. The third kappa shape index (κ3) is 4.37. The molecule has 1 aromatic heterocycles. The Morgan fingerprint density at radius 2 is 2.25 bits per heavy atom. The van der Waals surface area contributed by atoms with Crippen LogP contribution in [0.15, 0.2) is 16.3 Å². The Kier molecular flexibility index (Phi) is 4.56. The second-order valence-electron chi connectivity index (χ2n) is 2.75. The molecule has 2 N–H and O–H groups in total. The molecule has 7 heteroatoms. The molecule has 86 valence electrons. The van der Waals surface area contributed by atoms with E-state index in [1.807, 2.05) is 0 Å². The van der Waals surface area contributed by atoms with Crippen molar-refractivity contribution in [2.75, 3.05) is 5.75 Å². The predicted octanol–water partition coefficient (Wildman–Crippen LogP) is 1.03. The van der Waals surface area contributed by atoms with Gasteiger partial charge in [-0.25, -0.2) is 13.6 Å². The summed E-state index contributed by atoms with van der Waals surface area (Å²) in [6.45, 7) is 1.47. The summed E-state index contributed by atoms with van der Waals surface area (Å²) in [4.78, 5) is 11.2. The van der Waals surface area contributed by atoms with Gasteiger partial charge in [-0.05, 0) is 12.1 Å². The standard InChI is InChI=1S/C9H9NO3S3/c1-7(11)14-6-2-3-8-4-5-9(15-8)16(10,12)13/h4-5H,6H2,1H3,(H2,10,12,13). The molecular weight excluding hydrogens is 266 g/mol. The van der Waals surface area contributed by atoms with Gasteiger partial charge in [0, 0.05) is 6.92 Å². The number of thioether (sulfide) groups is 1. The molecule has 0 amide bonds. The number of rotatable bonds is 2. The van der Waals surface area contributed by atoms with Gasteiger partial charge in [0.1, 0.15) is 4.21 Å². The molecule has 0 aliphatic rings. The topological polar surface area (TPSA) is 77.2 Å². The first-order valence-corrected chi connectivity index (χ1v) is 7.49. The van der Waals surface area contributed by atoms with E-state index in [-0.39, 0.29) is 9.32 Å². The lowest BCUT2D eigenvalue weighted by atomic mass is 10.5. The van der Waals surface area contributed by atoms with Crippen LogP contribution in [0.1, 0.15) is 11.8 Å². The van der Waals surface area contributed by atoms with Crippen LogP contribution in [0.3, 0.4) is 0 Å². The summed E-state index contributed by atoms with van der Waals surface area (Å²) in [5, 5.41) is 4.96. The summed E-state index contributed by atoms with van der Waals surface area (Å²) in [7, 11) is -3.63. The van der Waals surface area contributed by atoms with Gasteiger partial charge in [0.05, 0.1) is 10.6 Å². The molecule has 1 rings (SSSR count). The minimum atomic E-state index is -3.63. The van der Waals surface area contributed by atoms with Crippen molar-refractivity contribution in [1.29, 1.82) is 0 Å². The van der Waals surface area contributed by atoms with Crippen molar-refractivity contribution in [3.63, 3.8) is 0 Å². The largest absolute Gasteiger partial charge is 0.288 e. The van der Waals surface area contributed by atoms with Gasteiger partial charge in [0.2, 0.25) is 10.0 Å². The normalized spacial score (nSPS) is 10.6. The summed E-state index contributed by atoms with van der Waals surface area (Å²) in [5.74, 6) is 5.93. The van der Waals surface area contributed by atoms with Crippen LogP contribution in [0.25, 0.3) is 0 Å². The number of hydrogen-bond acceptors (Lipinski definition) is 5. The Balaban J connectivity index is 2.69. The van der Waals surface area contributed by atoms with Crippen molar-refractivity contribution in [1.82, 2.24) is 0 Å². The Morgan fingerprint density at radius 3 is 2.75 bits per heavy atom. The summed E-state index contributed by atoms with van der Waals surface area (Å²) in [6, 6.07) is 3.01. The Labute approximate surface area is 102 Å². The molecule has 0 fully saturated rings. The predicted molar refractivity (Wildman–Crippen MR) is 65.7 cm³/mol. The molecule has 0 aromatic carbocycles. The van der Waals surface area contributed by atoms with E-state index >= 15 is 0 Å². The van der Waals surface area contributed by atoms with E-state index in [2.05, 4.69) is 11.8 Å². The summed E-state index contributed by atoms with van der Waals surface area (Å²) in [5.41, 5.74) is 0. The fourth-order valence-corrected chi connectivity index (χ4v) is 2.75. The van der Waals surface area contributed by atoms with Crippen LogP contribution in [0.4, 0.5) is 0 Å². The van der Waals surface area contributed by atoms with Gasteiger partial charge in [-0.15, -0.1) is 11.3 Å². The minimum Gasteiger partial charge on any atom is -0.288 e. The second-order valence-corrected chi connectivity index (χ2v) is 6.77. The minimum absolute atomic E-state index is 0.00528. The van der Waals surface area contributed by atoms with Crippen molar-refractivity contribution in [3.8, 4) is 11.8 Å². The number of thiophene rings is 1. The van der Waals surface area contributed by atoms with E-state index in [0.717, 1.165) is 23.1 Å². The fourth-order valence-electron chi connectivity index (χ4n) is 0.801. The molecule has 0 atom stereocenters. The SMILES string of the molecule is CC(=O)SCC#Cc1ccc(S(N)(=O)=O)s1. The smallest absolute Gasteiger partial charge is 0.247 e. The van der Waals surface area contributed by atoms with E-state index in [9.17, 15) is 13.2 Å². The fraction of sp³-hybridized carbons (Fsp3) is 0.222. The summed E-state index contributed by atoms with van der Waals surface area (Å²) < 4.78 is 22.0. The molecule has 0 spiro atoms. The van der Waals surface area contributed by atoms with Crippen molar-refractivity contribution < 1.29 is 13.2 Å². The van der Waals surface area contributed by atoms with Gasteiger partial charge in [0.15, 0.2) is 5.12 Å². The quantitative estimate of drug-likeness (QED) is 0.818. The first kappa shape index (κ1) is 13.3. The maximum absolute atomic E-state index is 11.0. The van der Waals surface area contributed by atoms with Gasteiger partial charge in [0.25, 0.3) is 0 Å². The molecular formula is C9H9NO3S3. The van der Waals surface area contributed by atoms with E-state index in [1.165, 1.54) is 13.0 Å². The highest BCUT2D eigenvalue weighted by Crippen LogP contribution is 2.19. The second kappa shape index (κ2) is 5.50. The highest BCUT2D eigenvalue weighted by molar-refractivity contribution is 8.13. The van der Waals surface area contributed by atoms with Gasteiger partial charge >= 0.3 is 0 Å². The monoisotopic (exact) mass is 275 g/mol. The first-order valence-electron chi connectivity index (χ1n) is 4.14. The Morgan fingerprint density at radius 1 is 1.56 bits per heavy atom. The molecule has 0 saturated heterocycles. The molecule has 0 unspecified atom stereocenters. The lowest BCUT2D eigenvalue weighted by Crippen LogP contribution is -2.09. The zero-order valence-corrected chi connectivity index (χ0v) is 10.8. The zero-order chi connectivity index (χ0) is 12.2. The molecule has 0 radical (unpaired) electrons. The number of carbonyl (C=O) groups is 1. The maximum Gasteiger partial charge on any atom is 0.247 e. The van der Waals surface area contributed by atoms with E-state index < -0.39 is 10.0 Å². The molecule has 4 nitrogen and oxygen atoms in total. The van der Waals surface area contributed by atoms with Crippen LogP contribution >= 0.6 is 23.1 Å². The van der Waals surface area contributed by atoms with E-state index in [4.69, 9.17) is 5.14 Å². The third-order valence-corrected chi connectivity index (χ3v) is 4.56. The Hall–Kier alpha value is -0.810. The first-order chi connectivity index (χ1) is 7.39.